The number of aromatic nitrogens is 2. The van der Waals surface area contributed by atoms with Gasteiger partial charge in [0.2, 0.25) is 0 Å². The molecule has 0 spiro atoms. The van der Waals surface area contributed by atoms with Gasteiger partial charge in [-0.3, -0.25) is 9.48 Å². The summed E-state index contributed by atoms with van der Waals surface area (Å²) in [5, 5.41) is 7.29. The van der Waals surface area contributed by atoms with E-state index in [4.69, 9.17) is 9.15 Å². The Bertz CT molecular complexity index is 911. The number of hydrogen-bond acceptors (Lipinski definition) is 4. The van der Waals surface area contributed by atoms with E-state index in [0.717, 1.165) is 35.7 Å². The summed E-state index contributed by atoms with van der Waals surface area (Å²) in [6.45, 7) is 7.64. The first-order valence-electron chi connectivity index (χ1n) is 9.09. The number of amides is 1. The number of nitrogens with one attached hydrogen (secondary N) is 1. The number of ether oxygens (including phenoxy) is 1. The van der Waals surface area contributed by atoms with E-state index in [1.54, 1.807) is 12.1 Å². The lowest BCUT2D eigenvalue weighted by molar-refractivity contribution is 0.0921. The largest absolute Gasteiger partial charge is 0.486 e. The molecule has 3 rings (SSSR count). The van der Waals surface area contributed by atoms with Gasteiger partial charge in [0.25, 0.3) is 5.91 Å². The van der Waals surface area contributed by atoms with E-state index in [9.17, 15) is 4.79 Å². The number of carbonyl (C=O) groups is 1. The Morgan fingerprint density at radius 1 is 1.19 bits per heavy atom. The van der Waals surface area contributed by atoms with Crippen molar-refractivity contribution in [2.24, 2.45) is 0 Å². The molecular weight excluding hydrogens is 342 g/mol. The van der Waals surface area contributed by atoms with E-state index < -0.39 is 0 Å². The van der Waals surface area contributed by atoms with E-state index >= 15 is 0 Å². The van der Waals surface area contributed by atoms with Crippen LogP contribution in [0.1, 0.15) is 39.7 Å². The molecule has 6 nitrogen and oxygen atoms in total. The molecule has 0 aliphatic heterocycles. The minimum atomic E-state index is -0.217. The van der Waals surface area contributed by atoms with E-state index in [2.05, 4.69) is 10.4 Å². The summed E-state index contributed by atoms with van der Waals surface area (Å²) >= 11 is 0. The third kappa shape index (κ3) is 5.23. The number of benzene rings is 1. The molecule has 2 aromatic heterocycles. The molecule has 0 bridgehead atoms. The SMILES string of the molecule is Cc1cccc(OCc2ccc(C(=O)NCCCn3nc(C)cc3C)o2)c1. The molecule has 142 valence electrons. The Labute approximate surface area is 159 Å². The lowest BCUT2D eigenvalue weighted by atomic mass is 10.2. The third-order valence-electron chi connectivity index (χ3n) is 4.19. The van der Waals surface area contributed by atoms with Crippen LogP contribution in [0.3, 0.4) is 0 Å². The summed E-state index contributed by atoms with van der Waals surface area (Å²) in [6, 6.07) is 13.3. The maximum absolute atomic E-state index is 12.2. The minimum Gasteiger partial charge on any atom is -0.486 e. The highest BCUT2D eigenvalue weighted by Crippen LogP contribution is 2.16. The normalized spacial score (nSPS) is 10.8. The predicted octanol–water partition coefficient (Wildman–Crippen LogP) is 3.80. The monoisotopic (exact) mass is 367 g/mol. The maximum atomic E-state index is 12.2. The topological polar surface area (TPSA) is 69.3 Å². The Hall–Kier alpha value is -3.02. The van der Waals surface area contributed by atoms with Crippen LogP contribution < -0.4 is 10.1 Å². The van der Waals surface area contributed by atoms with Crippen molar-refractivity contribution in [3.8, 4) is 5.75 Å². The summed E-state index contributed by atoms with van der Waals surface area (Å²) in [7, 11) is 0. The summed E-state index contributed by atoms with van der Waals surface area (Å²) in [5.74, 6) is 1.47. The van der Waals surface area contributed by atoms with Crippen molar-refractivity contribution in [2.75, 3.05) is 6.54 Å². The van der Waals surface area contributed by atoms with Crippen LogP contribution in [-0.2, 0) is 13.2 Å². The average Bonchev–Trinajstić information content (AvgIpc) is 3.23. The zero-order valence-corrected chi connectivity index (χ0v) is 16.0. The summed E-state index contributed by atoms with van der Waals surface area (Å²) in [4.78, 5) is 12.2. The van der Waals surface area contributed by atoms with Crippen LogP contribution in [0.4, 0.5) is 0 Å². The van der Waals surface area contributed by atoms with Gasteiger partial charge in [-0.05, 0) is 63.1 Å². The van der Waals surface area contributed by atoms with Crippen LogP contribution >= 0.6 is 0 Å². The lowest BCUT2D eigenvalue weighted by Gasteiger charge is -2.06. The molecule has 6 heteroatoms. The van der Waals surface area contributed by atoms with Crippen molar-refractivity contribution in [1.82, 2.24) is 15.1 Å². The van der Waals surface area contributed by atoms with Gasteiger partial charge in [-0.2, -0.15) is 5.10 Å². The Balaban J connectivity index is 1.43. The first-order chi connectivity index (χ1) is 13.0. The number of rotatable bonds is 8. The zero-order chi connectivity index (χ0) is 19.2. The van der Waals surface area contributed by atoms with Crippen molar-refractivity contribution in [3.05, 3.63) is 70.9 Å². The molecule has 0 saturated heterocycles. The fraction of sp³-hybridized carbons (Fsp3) is 0.333. The molecule has 0 aliphatic carbocycles. The molecule has 0 aliphatic rings. The van der Waals surface area contributed by atoms with Crippen LogP contribution in [0.25, 0.3) is 0 Å². The number of carbonyl (C=O) groups excluding carboxylic acids is 1. The highest BCUT2D eigenvalue weighted by atomic mass is 16.5. The smallest absolute Gasteiger partial charge is 0.286 e. The zero-order valence-electron chi connectivity index (χ0n) is 16.0. The van der Waals surface area contributed by atoms with Gasteiger partial charge in [0.05, 0.1) is 5.69 Å². The highest BCUT2D eigenvalue weighted by Gasteiger charge is 2.11. The fourth-order valence-corrected chi connectivity index (χ4v) is 2.86. The maximum Gasteiger partial charge on any atom is 0.286 e. The molecule has 2 heterocycles. The summed E-state index contributed by atoms with van der Waals surface area (Å²) < 4.78 is 13.2. The van der Waals surface area contributed by atoms with E-state index in [0.29, 0.717) is 18.1 Å². The third-order valence-corrected chi connectivity index (χ3v) is 4.19. The Kier molecular flexibility index (Phi) is 5.96. The molecule has 0 fully saturated rings. The molecule has 1 amide bonds. The van der Waals surface area contributed by atoms with Crippen LogP contribution in [-0.4, -0.2) is 22.2 Å². The van der Waals surface area contributed by atoms with Crippen LogP contribution in [0, 0.1) is 20.8 Å². The molecule has 3 aromatic rings. The second kappa shape index (κ2) is 8.58. The lowest BCUT2D eigenvalue weighted by Crippen LogP contribution is -2.25. The van der Waals surface area contributed by atoms with Crippen LogP contribution in [0.2, 0.25) is 0 Å². The Morgan fingerprint density at radius 3 is 2.78 bits per heavy atom. The van der Waals surface area contributed by atoms with Gasteiger partial charge < -0.3 is 14.5 Å². The van der Waals surface area contributed by atoms with Gasteiger partial charge in [-0.1, -0.05) is 12.1 Å². The first kappa shape index (κ1) is 18.8. The van der Waals surface area contributed by atoms with Gasteiger partial charge in [-0.25, -0.2) is 0 Å². The second-order valence-electron chi connectivity index (χ2n) is 6.63. The molecule has 1 N–H and O–H groups in total. The van der Waals surface area contributed by atoms with E-state index in [1.807, 2.05) is 55.8 Å². The van der Waals surface area contributed by atoms with E-state index in [-0.39, 0.29) is 12.5 Å². The van der Waals surface area contributed by atoms with Crippen molar-refractivity contribution >= 4 is 5.91 Å². The fourth-order valence-electron chi connectivity index (χ4n) is 2.86. The number of nitrogens with zero attached hydrogens (tertiary/aromatic N) is 2. The van der Waals surface area contributed by atoms with Gasteiger partial charge >= 0.3 is 0 Å². The molecule has 0 radical (unpaired) electrons. The number of aryl methyl sites for hydroxylation is 4. The molecule has 0 unspecified atom stereocenters. The van der Waals surface area contributed by atoms with Gasteiger partial charge in [0, 0.05) is 18.8 Å². The number of hydrogen-bond donors (Lipinski definition) is 1. The first-order valence-corrected chi connectivity index (χ1v) is 9.09. The molecule has 0 saturated carbocycles. The van der Waals surface area contributed by atoms with E-state index in [1.165, 1.54) is 0 Å². The summed E-state index contributed by atoms with van der Waals surface area (Å²) in [5.41, 5.74) is 3.27. The molecular formula is C21H25N3O3. The highest BCUT2D eigenvalue weighted by molar-refractivity contribution is 5.91. The van der Waals surface area contributed by atoms with Gasteiger partial charge in [-0.15, -0.1) is 0 Å². The second-order valence-corrected chi connectivity index (χ2v) is 6.63. The average molecular weight is 367 g/mol. The van der Waals surface area contributed by atoms with Crippen LogP contribution in [0.5, 0.6) is 5.75 Å². The minimum absolute atomic E-state index is 0.217. The van der Waals surface area contributed by atoms with Crippen molar-refractivity contribution in [1.29, 1.82) is 0 Å². The standard InChI is InChI=1S/C21H25N3O3/c1-15-6-4-7-18(12-15)26-14-19-8-9-20(27-19)21(25)22-10-5-11-24-17(3)13-16(2)23-24/h4,6-9,12-13H,5,10-11,14H2,1-3H3,(H,22,25). The molecule has 27 heavy (non-hydrogen) atoms. The molecule has 0 atom stereocenters. The number of furan rings is 1. The van der Waals surface area contributed by atoms with Crippen molar-refractivity contribution < 1.29 is 13.9 Å². The Morgan fingerprint density at radius 2 is 2.04 bits per heavy atom. The van der Waals surface area contributed by atoms with Crippen molar-refractivity contribution in [2.45, 2.75) is 40.3 Å². The molecule has 1 aromatic carbocycles. The van der Waals surface area contributed by atoms with Crippen molar-refractivity contribution in [3.63, 3.8) is 0 Å². The predicted molar refractivity (Wildman–Crippen MR) is 103 cm³/mol. The quantitative estimate of drug-likeness (QED) is 0.615. The van der Waals surface area contributed by atoms with Gasteiger partial charge in [0.15, 0.2) is 5.76 Å². The van der Waals surface area contributed by atoms with Crippen LogP contribution in [0.15, 0.2) is 46.9 Å². The van der Waals surface area contributed by atoms with Gasteiger partial charge in [0.1, 0.15) is 18.1 Å². The summed E-state index contributed by atoms with van der Waals surface area (Å²) in [6.07, 6.45) is 0.803.